The number of hydrogen-bond acceptors (Lipinski definition) is 18. The fraction of sp³-hybridized carbons (Fsp3) is 0.400. The molecule has 0 aliphatic rings. The normalized spacial score (nSPS) is 12.6. The molecule has 0 radical (unpaired) electrons. The zero-order chi connectivity index (χ0) is 36.8. The Balaban J connectivity index is 1.35. The molecule has 0 aliphatic carbocycles. The molecule has 4 rings (SSSR count). The van der Waals surface area contributed by atoms with Gasteiger partial charge < -0.3 is 23.5 Å². The molecular formula is C30H37ClN8O12. The number of rotatable bonds is 20. The average molecular weight is 737 g/mol. The van der Waals surface area contributed by atoms with Gasteiger partial charge in [-0.3, -0.25) is 20.8 Å². The molecule has 20 nitrogen and oxygen atoms in total. The van der Waals surface area contributed by atoms with Gasteiger partial charge in [-0.2, -0.15) is 5.21 Å². The Morgan fingerprint density at radius 2 is 1.73 bits per heavy atom. The number of carbonyl (C=O) groups is 2. The van der Waals surface area contributed by atoms with Crippen LogP contribution in [0.4, 0.5) is 4.79 Å². The first-order valence-electron chi connectivity index (χ1n) is 15.5. The van der Waals surface area contributed by atoms with Gasteiger partial charge in [-0.25, -0.2) is 24.2 Å². The molecule has 2 aromatic heterocycles. The first-order valence-corrected chi connectivity index (χ1v) is 15.9. The number of aromatic nitrogens is 6. The van der Waals surface area contributed by atoms with E-state index in [0.29, 0.717) is 18.1 Å². The Hall–Kier alpha value is -4.61. The Labute approximate surface area is 295 Å². The molecular weight excluding hydrogens is 700 g/mol. The highest BCUT2D eigenvalue weighted by Crippen LogP contribution is 2.30. The van der Waals surface area contributed by atoms with Crippen LogP contribution in [0.1, 0.15) is 48.6 Å². The Morgan fingerprint density at radius 3 is 2.39 bits per heavy atom. The molecule has 2 aromatic carbocycles. The van der Waals surface area contributed by atoms with Crippen molar-refractivity contribution in [3.8, 4) is 22.5 Å². The minimum absolute atomic E-state index is 0.0119. The smallest absolute Gasteiger partial charge is 0.432 e. The highest BCUT2D eigenvalue weighted by molar-refractivity contribution is 6.32. The van der Waals surface area contributed by atoms with Crippen molar-refractivity contribution in [2.45, 2.75) is 52.0 Å². The number of H-pyrrole nitrogens is 1. The Morgan fingerprint density at radius 1 is 0.980 bits per heavy atom. The third kappa shape index (κ3) is 12.0. The van der Waals surface area contributed by atoms with Crippen LogP contribution in [-0.4, -0.2) is 113 Å². The lowest BCUT2D eigenvalue weighted by Gasteiger charge is -2.19. The SMILES string of the molecule is CCCCc1nc(Cl)c(C(=O)OC(C)OC(=O)OCCOC[C@H](CON(O)O)ON(O)O)n1Cc1ccc(-c2ccccc2-c2nn[nH]n2)cc1. The van der Waals surface area contributed by atoms with Crippen molar-refractivity contribution in [1.29, 1.82) is 0 Å². The number of nitrogens with zero attached hydrogens (tertiary/aromatic N) is 7. The zero-order valence-corrected chi connectivity index (χ0v) is 28.2. The van der Waals surface area contributed by atoms with Gasteiger partial charge in [-0.05, 0) is 28.3 Å². The number of nitrogens with one attached hydrogen (secondary N) is 1. The number of aryl methyl sites for hydroxylation is 1. The second kappa shape index (κ2) is 19.7. The van der Waals surface area contributed by atoms with Crippen LogP contribution in [0.15, 0.2) is 48.5 Å². The first kappa shape index (κ1) is 39.2. The standard InChI is InChI=1S/C30H37ClN8O12/c1-3-4-9-25-32-27(31)26(29(40)49-19(2)50-30(41)47-15-14-46-17-22(51-39(44)45)18-48-38(42)43)37(25)16-20-10-12-21(13-11-20)23-7-5-6-8-24(23)28-33-35-36-34-28/h5-8,10-13,19,22,42-45H,3-4,9,14-18H2,1-2H3,(H,33,34,35,36)/t19?,22-/m1/s1. The molecule has 0 aliphatic heterocycles. The number of unbranched alkanes of at least 4 members (excludes halogenated alkanes) is 1. The number of hydrogen-bond donors (Lipinski definition) is 5. The molecule has 51 heavy (non-hydrogen) atoms. The summed E-state index contributed by atoms with van der Waals surface area (Å²) >= 11 is 6.46. The highest BCUT2D eigenvalue weighted by atomic mass is 35.5. The topological polar surface area (TPSA) is 249 Å². The van der Waals surface area contributed by atoms with E-state index in [1.54, 1.807) is 4.57 Å². The van der Waals surface area contributed by atoms with E-state index in [1.165, 1.54) is 6.92 Å². The van der Waals surface area contributed by atoms with Gasteiger partial charge in [-0.15, -0.1) is 10.2 Å². The van der Waals surface area contributed by atoms with E-state index < -0.39 is 41.9 Å². The number of aromatic amines is 1. The zero-order valence-electron chi connectivity index (χ0n) is 27.5. The highest BCUT2D eigenvalue weighted by Gasteiger charge is 2.26. The molecule has 0 saturated carbocycles. The molecule has 0 amide bonds. The van der Waals surface area contributed by atoms with Crippen LogP contribution < -0.4 is 0 Å². The molecule has 1 unspecified atom stereocenters. The molecule has 276 valence electrons. The second-order valence-corrected chi connectivity index (χ2v) is 11.0. The largest absolute Gasteiger partial charge is 0.511 e. The number of esters is 1. The van der Waals surface area contributed by atoms with Crippen LogP contribution in [0, 0.1) is 0 Å². The third-order valence-electron chi connectivity index (χ3n) is 6.98. The summed E-state index contributed by atoms with van der Waals surface area (Å²) in [5.41, 5.74) is 3.48. The molecule has 2 heterocycles. The lowest BCUT2D eigenvalue weighted by Crippen LogP contribution is -2.34. The van der Waals surface area contributed by atoms with Crippen molar-refractivity contribution in [1.82, 2.24) is 41.0 Å². The van der Waals surface area contributed by atoms with Crippen LogP contribution in [0.25, 0.3) is 22.5 Å². The lowest BCUT2D eigenvalue weighted by atomic mass is 9.98. The summed E-state index contributed by atoms with van der Waals surface area (Å²) in [7, 11) is 0. The monoisotopic (exact) mass is 736 g/mol. The maximum Gasteiger partial charge on any atom is 0.511 e. The van der Waals surface area contributed by atoms with Crippen LogP contribution >= 0.6 is 11.6 Å². The summed E-state index contributed by atoms with van der Waals surface area (Å²) in [6.07, 6.45) is -1.50. The fourth-order valence-corrected chi connectivity index (χ4v) is 5.00. The maximum atomic E-state index is 13.3. The number of carbonyl (C=O) groups excluding carboxylic acids is 2. The summed E-state index contributed by atoms with van der Waals surface area (Å²) in [6, 6.07) is 15.4. The summed E-state index contributed by atoms with van der Waals surface area (Å²) < 4.78 is 22.1. The third-order valence-corrected chi connectivity index (χ3v) is 7.24. The van der Waals surface area contributed by atoms with Gasteiger partial charge in [0.2, 0.25) is 12.1 Å². The van der Waals surface area contributed by atoms with E-state index in [4.69, 9.17) is 51.4 Å². The summed E-state index contributed by atoms with van der Waals surface area (Å²) in [4.78, 5) is 38.8. The fourth-order valence-electron chi connectivity index (χ4n) is 4.73. The Bertz CT molecular complexity index is 1670. The van der Waals surface area contributed by atoms with Gasteiger partial charge in [0.05, 0.1) is 24.0 Å². The van der Waals surface area contributed by atoms with Crippen molar-refractivity contribution < 1.29 is 59.0 Å². The predicted octanol–water partition coefficient (Wildman–Crippen LogP) is 3.84. The summed E-state index contributed by atoms with van der Waals surface area (Å²) in [5.74, 6) is 0.183. The van der Waals surface area contributed by atoms with Crippen molar-refractivity contribution >= 4 is 23.7 Å². The number of benzene rings is 2. The minimum Gasteiger partial charge on any atom is -0.432 e. The molecule has 0 saturated heterocycles. The molecule has 2 atom stereocenters. The van der Waals surface area contributed by atoms with Gasteiger partial charge in [-0.1, -0.05) is 73.5 Å². The van der Waals surface area contributed by atoms with Crippen LogP contribution in [0.3, 0.4) is 0 Å². The van der Waals surface area contributed by atoms with E-state index >= 15 is 0 Å². The van der Waals surface area contributed by atoms with Crippen LogP contribution in [-0.2, 0) is 41.6 Å². The molecule has 5 N–H and O–H groups in total. The number of ether oxygens (including phenoxy) is 4. The van der Waals surface area contributed by atoms with Crippen molar-refractivity contribution in [2.75, 3.05) is 26.4 Å². The van der Waals surface area contributed by atoms with Gasteiger partial charge in [0, 0.05) is 25.5 Å². The Kier molecular flexibility index (Phi) is 15.1. The molecule has 0 spiro atoms. The quantitative estimate of drug-likeness (QED) is 0.0374. The average Bonchev–Trinajstić information content (AvgIpc) is 3.74. The minimum atomic E-state index is -1.38. The van der Waals surface area contributed by atoms with E-state index in [-0.39, 0.29) is 37.2 Å². The van der Waals surface area contributed by atoms with Crippen LogP contribution in [0.5, 0.6) is 0 Å². The van der Waals surface area contributed by atoms with E-state index in [9.17, 15) is 9.59 Å². The summed E-state index contributed by atoms with van der Waals surface area (Å²) in [5, 5.41) is 47.8. The lowest BCUT2D eigenvalue weighted by molar-refractivity contribution is -0.528. The first-order chi connectivity index (χ1) is 24.5. The molecule has 0 fully saturated rings. The molecule has 4 aromatic rings. The van der Waals surface area contributed by atoms with Crippen LogP contribution in [0.2, 0.25) is 5.15 Å². The summed E-state index contributed by atoms with van der Waals surface area (Å²) in [6.45, 7) is 2.18. The van der Waals surface area contributed by atoms with Crippen molar-refractivity contribution in [3.05, 3.63) is 70.8 Å². The van der Waals surface area contributed by atoms with Crippen molar-refractivity contribution in [3.63, 3.8) is 0 Å². The van der Waals surface area contributed by atoms with E-state index in [2.05, 4.69) is 35.3 Å². The molecule has 21 heteroatoms. The van der Waals surface area contributed by atoms with Gasteiger partial charge in [0.1, 0.15) is 25.1 Å². The predicted molar refractivity (Wildman–Crippen MR) is 170 cm³/mol. The number of halogens is 1. The van der Waals surface area contributed by atoms with Gasteiger partial charge in [0.25, 0.3) is 0 Å². The number of tetrazole rings is 1. The van der Waals surface area contributed by atoms with E-state index in [0.717, 1.165) is 35.1 Å². The maximum absolute atomic E-state index is 13.3. The van der Waals surface area contributed by atoms with Crippen molar-refractivity contribution in [2.24, 2.45) is 0 Å². The molecule has 0 bridgehead atoms. The van der Waals surface area contributed by atoms with E-state index in [1.807, 2.05) is 55.5 Å². The second-order valence-electron chi connectivity index (χ2n) is 10.6. The van der Waals surface area contributed by atoms with Gasteiger partial charge in [0.15, 0.2) is 10.8 Å². The number of imidazole rings is 1. The van der Waals surface area contributed by atoms with Gasteiger partial charge >= 0.3 is 12.1 Å².